The van der Waals surface area contributed by atoms with E-state index in [4.69, 9.17) is 0 Å². The van der Waals surface area contributed by atoms with Crippen molar-refractivity contribution < 1.29 is 0 Å². The molecule has 3 saturated carbocycles. The molecule has 0 saturated heterocycles. The van der Waals surface area contributed by atoms with Gasteiger partial charge in [-0.2, -0.15) is 0 Å². The first-order valence-electron chi connectivity index (χ1n) is 5.84. The van der Waals surface area contributed by atoms with Gasteiger partial charge in [0.25, 0.3) is 0 Å². The van der Waals surface area contributed by atoms with Crippen LogP contribution >= 0.6 is 0 Å². The summed E-state index contributed by atoms with van der Waals surface area (Å²) in [6.07, 6.45) is 9.43. The van der Waals surface area contributed by atoms with Gasteiger partial charge in [0.1, 0.15) is 0 Å². The fourth-order valence-corrected chi connectivity index (χ4v) is 3.10. The van der Waals surface area contributed by atoms with E-state index in [1.54, 1.807) is 32.1 Å². The zero-order valence-corrected chi connectivity index (χ0v) is 8.13. The molecule has 0 aromatic rings. The van der Waals surface area contributed by atoms with Gasteiger partial charge in [0, 0.05) is 0 Å². The van der Waals surface area contributed by atoms with Gasteiger partial charge in [-0.25, -0.2) is 0 Å². The van der Waals surface area contributed by atoms with Crippen LogP contribution in [0.5, 0.6) is 0 Å². The molecule has 0 nitrogen and oxygen atoms in total. The third kappa shape index (κ3) is 1.20. The monoisotopic (exact) mass is 164 g/mol. The van der Waals surface area contributed by atoms with Crippen LogP contribution in [0.4, 0.5) is 0 Å². The second-order valence-corrected chi connectivity index (χ2v) is 5.56. The standard InChI is InChI=1S/C12H20/c1-8-5-10(8)6-11-7-12(11)9-3-2-4-9/h8-12H,2-7H2,1H3. The highest BCUT2D eigenvalue weighted by molar-refractivity contribution is 4.97. The molecule has 0 aliphatic heterocycles. The van der Waals surface area contributed by atoms with Gasteiger partial charge in [0.15, 0.2) is 0 Å². The summed E-state index contributed by atoms with van der Waals surface area (Å²) in [6.45, 7) is 2.42. The van der Waals surface area contributed by atoms with Crippen LogP contribution in [0, 0.1) is 29.6 Å². The Morgan fingerprint density at radius 3 is 2.33 bits per heavy atom. The quantitative estimate of drug-likeness (QED) is 0.599. The van der Waals surface area contributed by atoms with Crippen LogP contribution in [-0.4, -0.2) is 0 Å². The van der Waals surface area contributed by atoms with Gasteiger partial charge in [0.05, 0.1) is 0 Å². The highest BCUT2D eigenvalue weighted by Gasteiger charge is 2.47. The molecule has 4 atom stereocenters. The van der Waals surface area contributed by atoms with E-state index in [-0.39, 0.29) is 0 Å². The van der Waals surface area contributed by atoms with Crippen molar-refractivity contribution in [3.8, 4) is 0 Å². The Bertz CT molecular complexity index is 180. The molecule has 0 radical (unpaired) electrons. The van der Waals surface area contributed by atoms with Crippen molar-refractivity contribution in [2.75, 3.05) is 0 Å². The van der Waals surface area contributed by atoms with Crippen LogP contribution in [0.15, 0.2) is 0 Å². The van der Waals surface area contributed by atoms with E-state index in [2.05, 4.69) is 6.92 Å². The van der Waals surface area contributed by atoms with Crippen LogP contribution in [0.2, 0.25) is 0 Å². The predicted octanol–water partition coefficient (Wildman–Crippen LogP) is 3.47. The Morgan fingerprint density at radius 2 is 1.83 bits per heavy atom. The molecule has 68 valence electrons. The fourth-order valence-electron chi connectivity index (χ4n) is 3.10. The first-order chi connectivity index (χ1) is 5.84. The Morgan fingerprint density at radius 1 is 1.08 bits per heavy atom. The highest BCUT2D eigenvalue weighted by atomic mass is 14.5. The van der Waals surface area contributed by atoms with Crippen LogP contribution in [0.25, 0.3) is 0 Å². The van der Waals surface area contributed by atoms with Crippen molar-refractivity contribution in [2.24, 2.45) is 29.6 Å². The third-order valence-corrected chi connectivity index (χ3v) is 4.61. The molecular weight excluding hydrogens is 144 g/mol. The van der Waals surface area contributed by atoms with E-state index in [1.165, 1.54) is 24.2 Å². The Balaban J connectivity index is 1.43. The summed E-state index contributed by atoms with van der Waals surface area (Å²) in [5, 5.41) is 0. The van der Waals surface area contributed by atoms with Crippen molar-refractivity contribution in [3.63, 3.8) is 0 Å². The molecule has 0 heterocycles. The molecule has 3 aliphatic carbocycles. The molecule has 0 aromatic heterocycles. The maximum absolute atomic E-state index is 2.42. The Labute approximate surface area is 75.7 Å². The minimum Gasteiger partial charge on any atom is -0.0622 e. The van der Waals surface area contributed by atoms with E-state index in [0.29, 0.717) is 0 Å². The SMILES string of the molecule is CC1CC1CC1CC1C1CCC1. The smallest absolute Gasteiger partial charge is 0.0354 e. The lowest BCUT2D eigenvalue weighted by atomic mass is 9.80. The van der Waals surface area contributed by atoms with Crippen molar-refractivity contribution in [1.82, 2.24) is 0 Å². The first-order valence-corrected chi connectivity index (χ1v) is 5.84. The first kappa shape index (κ1) is 7.41. The summed E-state index contributed by atoms with van der Waals surface area (Å²) in [5.74, 6) is 5.81. The van der Waals surface area contributed by atoms with Crippen LogP contribution in [0.3, 0.4) is 0 Å². The topological polar surface area (TPSA) is 0 Å². The lowest BCUT2D eigenvalue weighted by Gasteiger charge is -2.25. The van der Waals surface area contributed by atoms with E-state index >= 15 is 0 Å². The van der Waals surface area contributed by atoms with Crippen molar-refractivity contribution >= 4 is 0 Å². The summed E-state index contributed by atoms with van der Waals surface area (Å²) in [6, 6.07) is 0. The normalized spacial score (nSPS) is 51.8. The maximum Gasteiger partial charge on any atom is -0.0354 e. The second-order valence-electron chi connectivity index (χ2n) is 5.56. The number of hydrogen-bond acceptors (Lipinski definition) is 0. The van der Waals surface area contributed by atoms with E-state index in [9.17, 15) is 0 Å². The average Bonchev–Trinajstić information content (AvgIpc) is 2.75. The van der Waals surface area contributed by atoms with Gasteiger partial charge in [0.2, 0.25) is 0 Å². The lowest BCUT2D eigenvalue weighted by molar-refractivity contribution is 0.262. The van der Waals surface area contributed by atoms with Gasteiger partial charge in [-0.15, -0.1) is 0 Å². The second kappa shape index (κ2) is 2.49. The average molecular weight is 164 g/mol. The lowest BCUT2D eigenvalue weighted by Crippen LogP contribution is -2.14. The van der Waals surface area contributed by atoms with Crippen LogP contribution < -0.4 is 0 Å². The third-order valence-electron chi connectivity index (χ3n) is 4.61. The molecule has 0 heteroatoms. The summed E-state index contributed by atoms with van der Waals surface area (Å²) >= 11 is 0. The largest absolute Gasteiger partial charge is 0.0622 e. The summed E-state index contributed by atoms with van der Waals surface area (Å²) < 4.78 is 0. The molecule has 12 heavy (non-hydrogen) atoms. The molecule has 0 spiro atoms. The minimum atomic E-state index is 1.09. The molecular formula is C12H20. The van der Waals surface area contributed by atoms with E-state index in [0.717, 1.165) is 11.8 Å². The molecule has 3 rings (SSSR count). The Hall–Kier alpha value is 0. The number of rotatable bonds is 3. The summed E-state index contributed by atoms with van der Waals surface area (Å²) in [5.41, 5.74) is 0. The van der Waals surface area contributed by atoms with Crippen molar-refractivity contribution in [2.45, 2.75) is 45.4 Å². The van der Waals surface area contributed by atoms with Crippen LogP contribution in [0.1, 0.15) is 45.4 Å². The Kier molecular flexibility index (Phi) is 1.54. The summed E-state index contributed by atoms with van der Waals surface area (Å²) in [4.78, 5) is 0. The molecule has 4 unspecified atom stereocenters. The van der Waals surface area contributed by atoms with Gasteiger partial charge in [-0.3, -0.25) is 0 Å². The van der Waals surface area contributed by atoms with E-state index in [1.807, 2.05) is 0 Å². The van der Waals surface area contributed by atoms with Crippen LogP contribution in [-0.2, 0) is 0 Å². The molecule has 0 aromatic carbocycles. The van der Waals surface area contributed by atoms with Crippen molar-refractivity contribution in [1.29, 1.82) is 0 Å². The zero-order chi connectivity index (χ0) is 8.13. The van der Waals surface area contributed by atoms with Crippen molar-refractivity contribution in [3.05, 3.63) is 0 Å². The molecule has 0 N–H and O–H groups in total. The molecule has 3 aliphatic rings. The van der Waals surface area contributed by atoms with Gasteiger partial charge in [-0.1, -0.05) is 26.2 Å². The molecule has 0 bridgehead atoms. The molecule has 0 amide bonds. The summed E-state index contributed by atoms with van der Waals surface area (Å²) in [7, 11) is 0. The molecule has 3 fully saturated rings. The highest BCUT2D eigenvalue weighted by Crippen LogP contribution is 2.57. The zero-order valence-electron chi connectivity index (χ0n) is 8.13. The maximum atomic E-state index is 2.42. The van der Waals surface area contributed by atoms with Gasteiger partial charge >= 0.3 is 0 Å². The predicted molar refractivity (Wildman–Crippen MR) is 50.8 cm³/mol. The van der Waals surface area contributed by atoms with E-state index < -0.39 is 0 Å². The van der Waals surface area contributed by atoms with Gasteiger partial charge < -0.3 is 0 Å². The number of hydrogen-bond donors (Lipinski definition) is 0. The van der Waals surface area contributed by atoms with Gasteiger partial charge in [-0.05, 0) is 48.9 Å². The minimum absolute atomic E-state index is 1.09. The fraction of sp³-hybridized carbons (Fsp3) is 1.00.